The topological polar surface area (TPSA) is 63.1 Å². The second-order valence-electron chi connectivity index (χ2n) is 5.99. The Kier molecular flexibility index (Phi) is 6.34. The fourth-order valence-electron chi connectivity index (χ4n) is 3.19. The Morgan fingerprint density at radius 1 is 1.33 bits per heavy atom. The van der Waals surface area contributed by atoms with Crippen LogP contribution in [0, 0.1) is 6.92 Å². The van der Waals surface area contributed by atoms with Gasteiger partial charge in [-0.3, -0.25) is 4.79 Å². The number of carbonyl (C=O) groups is 1. The Hall–Kier alpha value is -1.92. The van der Waals surface area contributed by atoms with Crippen molar-refractivity contribution < 1.29 is 4.79 Å². The molecule has 1 aliphatic rings. The van der Waals surface area contributed by atoms with Crippen LogP contribution in [-0.2, 0) is 11.2 Å². The van der Waals surface area contributed by atoms with E-state index < -0.39 is 0 Å². The van der Waals surface area contributed by atoms with Gasteiger partial charge in [0.2, 0.25) is 5.91 Å². The van der Waals surface area contributed by atoms with E-state index in [-0.39, 0.29) is 18.3 Å². The van der Waals surface area contributed by atoms with Crippen LogP contribution in [-0.4, -0.2) is 52.0 Å². The van der Waals surface area contributed by atoms with E-state index >= 15 is 0 Å². The first-order valence-electron chi connectivity index (χ1n) is 8.11. The lowest BCUT2D eigenvalue weighted by atomic mass is 10.2. The number of hydrogen-bond acceptors (Lipinski definition) is 4. The zero-order valence-electron chi connectivity index (χ0n) is 14.1. The van der Waals surface area contributed by atoms with Crippen molar-refractivity contribution in [2.45, 2.75) is 32.2 Å². The van der Waals surface area contributed by atoms with Crippen LogP contribution in [0.1, 0.15) is 24.2 Å². The lowest BCUT2D eigenvalue weighted by Crippen LogP contribution is -2.41. The number of carbonyl (C=O) groups excluding carboxylic acids is 1. The molecule has 1 fully saturated rings. The molecule has 1 saturated heterocycles. The summed E-state index contributed by atoms with van der Waals surface area (Å²) in [5, 5.41) is 11.6. The first-order valence-corrected chi connectivity index (χ1v) is 8.11. The van der Waals surface area contributed by atoms with Crippen LogP contribution in [0.2, 0.25) is 0 Å². The summed E-state index contributed by atoms with van der Waals surface area (Å²) in [6.07, 6.45) is 2.47. The molecule has 7 heteroatoms. The van der Waals surface area contributed by atoms with Gasteiger partial charge in [-0.15, -0.1) is 17.5 Å². The summed E-state index contributed by atoms with van der Waals surface area (Å²) >= 11 is 0. The molecule has 0 bridgehead atoms. The van der Waals surface area contributed by atoms with Crippen molar-refractivity contribution in [2.75, 3.05) is 20.1 Å². The molecule has 1 aromatic carbocycles. The van der Waals surface area contributed by atoms with E-state index in [0.717, 1.165) is 43.0 Å². The number of nitrogens with zero attached hydrogens (tertiary/aromatic N) is 4. The largest absolute Gasteiger partial charge is 0.338 e. The molecule has 0 radical (unpaired) electrons. The zero-order valence-corrected chi connectivity index (χ0v) is 14.9. The lowest BCUT2D eigenvalue weighted by Gasteiger charge is -2.24. The first-order chi connectivity index (χ1) is 11.2. The van der Waals surface area contributed by atoms with Crippen LogP contribution >= 0.6 is 12.4 Å². The summed E-state index contributed by atoms with van der Waals surface area (Å²) in [6, 6.07) is 10.2. The van der Waals surface area contributed by atoms with Crippen molar-refractivity contribution in [3.05, 3.63) is 41.7 Å². The van der Waals surface area contributed by atoms with Gasteiger partial charge in [0.15, 0.2) is 0 Å². The summed E-state index contributed by atoms with van der Waals surface area (Å²) < 4.78 is 1.79. The maximum Gasteiger partial charge on any atom is 0.229 e. The lowest BCUT2D eigenvalue weighted by molar-refractivity contribution is -0.131. The molecule has 2 aromatic rings. The van der Waals surface area contributed by atoms with E-state index in [1.54, 1.807) is 4.68 Å². The van der Waals surface area contributed by atoms with Crippen LogP contribution in [0.15, 0.2) is 30.3 Å². The van der Waals surface area contributed by atoms with Gasteiger partial charge in [-0.05, 0) is 38.9 Å². The minimum atomic E-state index is 0. The van der Waals surface area contributed by atoms with E-state index in [4.69, 9.17) is 0 Å². The highest BCUT2D eigenvalue weighted by molar-refractivity contribution is 5.85. The number of benzene rings is 1. The maximum atomic E-state index is 12.6. The molecule has 1 aliphatic heterocycles. The van der Waals surface area contributed by atoms with Gasteiger partial charge in [0.05, 0.1) is 23.5 Å². The number of nitrogens with one attached hydrogen (secondary N) is 1. The van der Waals surface area contributed by atoms with Crippen molar-refractivity contribution in [3.8, 4) is 5.69 Å². The molecule has 0 spiro atoms. The smallest absolute Gasteiger partial charge is 0.229 e. The number of rotatable bonds is 5. The van der Waals surface area contributed by atoms with E-state index in [2.05, 4.69) is 15.6 Å². The fourth-order valence-corrected chi connectivity index (χ4v) is 3.19. The van der Waals surface area contributed by atoms with Crippen molar-refractivity contribution in [1.29, 1.82) is 0 Å². The molecule has 1 N–H and O–H groups in total. The van der Waals surface area contributed by atoms with E-state index in [0.29, 0.717) is 12.5 Å². The Bertz CT molecular complexity index is 673. The van der Waals surface area contributed by atoms with Crippen LogP contribution in [0.3, 0.4) is 0 Å². The van der Waals surface area contributed by atoms with E-state index in [9.17, 15) is 4.79 Å². The van der Waals surface area contributed by atoms with Gasteiger partial charge in [0, 0.05) is 19.1 Å². The van der Waals surface area contributed by atoms with Crippen LogP contribution in [0.4, 0.5) is 0 Å². The summed E-state index contributed by atoms with van der Waals surface area (Å²) in [5.74, 6) is 0.144. The van der Waals surface area contributed by atoms with Crippen molar-refractivity contribution in [2.24, 2.45) is 0 Å². The number of amides is 1. The summed E-state index contributed by atoms with van der Waals surface area (Å²) in [4.78, 5) is 14.6. The molecule has 3 rings (SSSR count). The average Bonchev–Trinajstić information content (AvgIpc) is 3.16. The van der Waals surface area contributed by atoms with Gasteiger partial charge in [-0.1, -0.05) is 23.4 Å². The van der Waals surface area contributed by atoms with Crippen LogP contribution < -0.4 is 5.32 Å². The molecular formula is C17H24ClN5O. The van der Waals surface area contributed by atoms with Gasteiger partial charge in [-0.2, -0.15) is 0 Å². The molecule has 0 aliphatic carbocycles. The number of halogens is 1. The molecule has 0 saturated carbocycles. The highest BCUT2D eigenvalue weighted by atomic mass is 35.5. The van der Waals surface area contributed by atoms with Crippen molar-refractivity contribution >= 4 is 18.3 Å². The molecular weight excluding hydrogens is 326 g/mol. The van der Waals surface area contributed by atoms with E-state index in [1.165, 1.54) is 0 Å². The second-order valence-corrected chi connectivity index (χ2v) is 5.99. The van der Waals surface area contributed by atoms with Gasteiger partial charge < -0.3 is 10.2 Å². The van der Waals surface area contributed by atoms with Crippen molar-refractivity contribution in [3.63, 3.8) is 0 Å². The molecule has 24 heavy (non-hydrogen) atoms. The Labute approximate surface area is 148 Å². The minimum absolute atomic E-state index is 0. The molecule has 1 aromatic heterocycles. The molecule has 6 nitrogen and oxygen atoms in total. The summed E-state index contributed by atoms with van der Waals surface area (Å²) in [6.45, 7) is 3.66. The molecule has 1 amide bonds. The van der Waals surface area contributed by atoms with Gasteiger partial charge >= 0.3 is 0 Å². The Morgan fingerprint density at radius 3 is 2.79 bits per heavy atom. The Balaban J connectivity index is 0.00000208. The standard InChI is InChI=1S/C17H23N5O.ClH/c1-13-16(19-20-22(13)14-7-4-3-5-8-14)11-17(23)21-10-6-9-15(21)12-18-2;/h3-5,7-8,15,18H,6,9-12H2,1-2H3;1H. The number of likely N-dealkylation sites (tertiary alicyclic amines) is 1. The molecule has 2 heterocycles. The first kappa shape index (κ1) is 18.4. The number of likely N-dealkylation sites (N-methyl/N-ethyl adjacent to an activating group) is 1. The summed E-state index contributed by atoms with van der Waals surface area (Å²) in [5.41, 5.74) is 2.65. The third kappa shape index (κ3) is 3.76. The highest BCUT2D eigenvalue weighted by Crippen LogP contribution is 2.19. The third-order valence-corrected chi connectivity index (χ3v) is 4.45. The van der Waals surface area contributed by atoms with Crippen LogP contribution in [0.25, 0.3) is 5.69 Å². The Morgan fingerprint density at radius 2 is 2.08 bits per heavy atom. The number of aromatic nitrogens is 3. The number of hydrogen-bond donors (Lipinski definition) is 1. The van der Waals surface area contributed by atoms with Crippen LogP contribution in [0.5, 0.6) is 0 Å². The summed E-state index contributed by atoms with van der Waals surface area (Å²) in [7, 11) is 1.93. The monoisotopic (exact) mass is 349 g/mol. The minimum Gasteiger partial charge on any atom is -0.338 e. The van der Waals surface area contributed by atoms with Gasteiger partial charge in [0.25, 0.3) is 0 Å². The van der Waals surface area contributed by atoms with E-state index in [1.807, 2.05) is 49.2 Å². The highest BCUT2D eigenvalue weighted by Gasteiger charge is 2.29. The zero-order chi connectivity index (χ0) is 16.2. The quantitative estimate of drug-likeness (QED) is 0.893. The second kappa shape index (κ2) is 8.26. The maximum absolute atomic E-state index is 12.6. The van der Waals surface area contributed by atoms with Crippen molar-refractivity contribution in [1.82, 2.24) is 25.2 Å². The molecule has 1 atom stereocenters. The molecule has 130 valence electrons. The normalized spacial score (nSPS) is 16.9. The predicted molar refractivity (Wildman–Crippen MR) is 95.7 cm³/mol. The fraction of sp³-hybridized carbons (Fsp3) is 0.471. The molecule has 1 unspecified atom stereocenters. The van der Waals surface area contributed by atoms with Gasteiger partial charge in [0.1, 0.15) is 0 Å². The predicted octanol–water partition coefficient (Wildman–Crippen LogP) is 1.75. The SMILES string of the molecule is CNCC1CCCN1C(=O)Cc1nnn(-c2ccccc2)c1C.Cl. The average molecular weight is 350 g/mol. The number of para-hydroxylation sites is 1. The van der Waals surface area contributed by atoms with Gasteiger partial charge in [-0.25, -0.2) is 4.68 Å². The third-order valence-electron chi connectivity index (χ3n) is 4.45.